The van der Waals surface area contributed by atoms with Gasteiger partial charge in [-0.3, -0.25) is 14.7 Å². The van der Waals surface area contributed by atoms with Crippen LogP contribution in [0.4, 0.5) is 0 Å². The average molecular weight is 627 g/mol. The van der Waals surface area contributed by atoms with E-state index in [2.05, 4.69) is 105 Å². The van der Waals surface area contributed by atoms with Gasteiger partial charge in [-0.15, -0.1) is 0 Å². The number of hydrogen-bond donors (Lipinski definition) is 1. The minimum Gasteiger partial charge on any atom is -0.379 e. The molecule has 1 N–H and O–H groups in total. The molecule has 8 heteroatoms. The second-order valence-corrected chi connectivity index (χ2v) is 14.5. The number of nitrogens with zero attached hydrogens (tertiary/aromatic N) is 5. The van der Waals surface area contributed by atoms with Crippen LogP contribution in [-0.2, 0) is 16.6 Å². The molecule has 1 fully saturated rings. The summed E-state index contributed by atoms with van der Waals surface area (Å²) < 4.78 is 7.28. The van der Waals surface area contributed by atoms with Crippen LogP contribution in [0.5, 0.6) is 0 Å². The maximum Gasteiger partial charge on any atom is 0.223 e. The highest BCUT2D eigenvalue weighted by Gasteiger charge is 2.35. The number of piperazine rings is 1. The number of carbonyl (C=O) groups excluding carboxylic acids is 1. The van der Waals surface area contributed by atoms with E-state index in [0.717, 1.165) is 55.3 Å². The predicted molar refractivity (Wildman–Crippen MR) is 188 cm³/mol. The summed E-state index contributed by atoms with van der Waals surface area (Å²) in [5.74, 6) is 0.246. The Bertz CT molecular complexity index is 1520. The van der Waals surface area contributed by atoms with Crippen molar-refractivity contribution < 1.29 is 9.53 Å². The third-order valence-electron chi connectivity index (χ3n) is 8.29. The van der Waals surface area contributed by atoms with E-state index in [1.54, 1.807) is 6.20 Å². The molecule has 2 aromatic heterocycles. The van der Waals surface area contributed by atoms with Gasteiger partial charge in [-0.2, -0.15) is 0 Å². The highest BCUT2D eigenvalue weighted by molar-refractivity contribution is 5.89. The molecule has 1 saturated heterocycles. The Labute approximate surface area is 276 Å². The summed E-state index contributed by atoms with van der Waals surface area (Å²) >= 11 is 0. The lowest BCUT2D eigenvalue weighted by Gasteiger charge is -2.40. The molecule has 5 rings (SSSR count). The number of amides is 1. The van der Waals surface area contributed by atoms with Gasteiger partial charge in [-0.05, 0) is 80.6 Å². The van der Waals surface area contributed by atoms with E-state index in [1.807, 2.05) is 43.7 Å². The van der Waals surface area contributed by atoms with Crippen LogP contribution in [0.1, 0.15) is 101 Å². The van der Waals surface area contributed by atoms with Crippen molar-refractivity contribution in [3.05, 3.63) is 95.5 Å². The van der Waals surface area contributed by atoms with E-state index < -0.39 is 0 Å². The molecule has 8 nitrogen and oxygen atoms in total. The van der Waals surface area contributed by atoms with Crippen molar-refractivity contribution in [2.24, 2.45) is 12.5 Å². The number of fused-ring (bicyclic) bond motifs is 2. The number of imidazole rings is 1. The predicted octanol–water partition coefficient (Wildman–Crippen LogP) is 6.94. The molecule has 2 aliphatic rings. The fourth-order valence-corrected chi connectivity index (χ4v) is 6.27. The van der Waals surface area contributed by atoms with Gasteiger partial charge < -0.3 is 19.5 Å². The van der Waals surface area contributed by atoms with Gasteiger partial charge in [0.15, 0.2) is 0 Å². The number of carbonyl (C=O) groups is 1. The van der Waals surface area contributed by atoms with Crippen LogP contribution < -0.4 is 5.32 Å². The molecule has 3 aromatic rings. The molecular formula is C38H54N6O2. The van der Waals surface area contributed by atoms with Gasteiger partial charge in [0.1, 0.15) is 0 Å². The molecule has 2 atom stereocenters. The monoisotopic (exact) mass is 626 g/mol. The van der Waals surface area contributed by atoms with Crippen LogP contribution in [0.3, 0.4) is 0 Å². The molecule has 248 valence electrons. The number of nitrogens with one attached hydrogen (secondary N) is 1. The first-order chi connectivity index (χ1) is 21.7. The highest BCUT2D eigenvalue weighted by atomic mass is 16.5. The van der Waals surface area contributed by atoms with Crippen LogP contribution in [0.15, 0.2) is 61.8 Å². The van der Waals surface area contributed by atoms with Gasteiger partial charge in [-0.1, -0.05) is 57.2 Å². The lowest BCUT2D eigenvalue weighted by molar-refractivity contribution is -0.135. The maximum atomic E-state index is 13.0. The lowest BCUT2D eigenvalue weighted by Crippen LogP contribution is -2.50. The fourth-order valence-electron chi connectivity index (χ4n) is 6.27. The fraction of sp³-hybridized carbons (Fsp3) is 0.500. The first-order valence-electron chi connectivity index (χ1n) is 16.5. The van der Waals surface area contributed by atoms with E-state index in [9.17, 15) is 4.79 Å². The Hall–Kier alpha value is -3.75. The van der Waals surface area contributed by atoms with Crippen LogP contribution in [-0.4, -0.2) is 68.6 Å². The summed E-state index contributed by atoms with van der Waals surface area (Å²) in [6, 6.07) is 10.8. The maximum absolute atomic E-state index is 13.0. The Morgan fingerprint density at radius 3 is 2.41 bits per heavy atom. The van der Waals surface area contributed by atoms with Gasteiger partial charge in [0.05, 0.1) is 41.6 Å². The number of benzene rings is 1. The summed E-state index contributed by atoms with van der Waals surface area (Å²) in [7, 11) is 2.02. The zero-order valence-electron chi connectivity index (χ0n) is 29.4. The first kappa shape index (κ1) is 35.1. The second kappa shape index (κ2) is 14.8. The number of pyridine rings is 1. The summed E-state index contributed by atoms with van der Waals surface area (Å²) in [5, 5.41) is 3.50. The average Bonchev–Trinajstić information content (AvgIpc) is 3.34. The van der Waals surface area contributed by atoms with Crippen molar-refractivity contribution in [3.63, 3.8) is 0 Å². The topological polar surface area (TPSA) is 75.5 Å². The van der Waals surface area contributed by atoms with Gasteiger partial charge in [-0.25, -0.2) is 4.98 Å². The highest BCUT2D eigenvalue weighted by Crippen LogP contribution is 2.43. The SMILES string of the molecule is C=CNC(C1=Cc2cccnc2[C@@H](N2CCN(C(=O)CC(C)(C)C)CC2)c2ccc(C)cc21)c1cncn1C.CCOC(C)(C)C. The number of hydrogen-bond acceptors (Lipinski definition) is 6. The molecule has 1 aliphatic carbocycles. The Morgan fingerprint density at radius 1 is 1.13 bits per heavy atom. The smallest absolute Gasteiger partial charge is 0.223 e. The second-order valence-electron chi connectivity index (χ2n) is 14.5. The summed E-state index contributed by atoms with van der Waals surface area (Å²) in [4.78, 5) is 26.9. The molecule has 0 bridgehead atoms. The van der Waals surface area contributed by atoms with Crippen LogP contribution >= 0.6 is 0 Å². The lowest BCUT2D eigenvalue weighted by atomic mass is 9.88. The summed E-state index contributed by atoms with van der Waals surface area (Å²) in [6.45, 7) is 24.5. The third kappa shape index (κ3) is 8.74. The van der Waals surface area contributed by atoms with E-state index >= 15 is 0 Å². The zero-order valence-corrected chi connectivity index (χ0v) is 29.4. The minimum atomic E-state index is -0.130. The van der Waals surface area contributed by atoms with Crippen molar-refractivity contribution in [1.82, 2.24) is 29.7 Å². The molecule has 0 saturated carbocycles. The van der Waals surface area contributed by atoms with Gasteiger partial charge in [0.2, 0.25) is 5.91 Å². The largest absolute Gasteiger partial charge is 0.379 e. The van der Waals surface area contributed by atoms with Crippen molar-refractivity contribution in [3.8, 4) is 0 Å². The van der Waals surface area contributed by atoms with Crippen molar-refractivity contribution in [1.29, 1.82) is 0 Å². The van der Waals surface area contributed by atoms with Gasteiger partial charge >= 0.3 is 0 Å². The normalized spacial score (nSPS) is 17.5. The first-order valence-corrected chi connectivity index (χ1v) is 16.5. The molecule has 1 amide bonds. The number of aromatic nitrogens is 3. The Kier molecular flexibility index (Phi) is 11.3. The van der Waals surface area contributed by atoms with Crippen molar-refractivity contribution in [2.45, 2.75) is 79.5 Å². The molecule has 46 heavy (non-hydrogen) atoms. The van der Waals surface area contributed by atoms with Crippen LogP contribution in [0.2, 0.25) is 0 Å². The van der Waals surface area contributed by atoms with E-state index in [1.165, 1.54) is 16.7 Å². The zero-order chi connectivity index (χ0) is 33.6. The molecule has 0 spiro atoms. The molecule has 0 radical (unpaired) electrons. The van der Waals surface area contributed by atoms with Crippen LogP contribution in [0, 0.1) is 12.3 Å². The van der Waals surface area contributed by atoms with Crippen molar-refractivity contribution >= 4 is 17.6 Å². The van der Waals surface area contributed by atoms with Crippen molar-refractivity contribution in [2.75, 3.05) is 32.8 Å². The number of aryl methyl sites for hydroxylation is 2. The Morgan fingerprint density at radius 2 is 1.85 bits per heavy atom. The van der Waals surface area contributed by atoms with E-state index in [0.29, 0.717) is 6.42 Å². The molecule has 1 unspecified atom stereocenters. The van der Waals surface area contributed by atoms with Gasteiger partial charge in [0.25, 0.3) is 0 Å². The van der Waals surface area contributed by atoms with Crippen LogP contribution in [0.25, 0.3) is 11.6 Å². The molecule has 1 aliphatic heterocycles. The summed E-state index contributed by atoms with van der Waals surface area (Å²) in [5.41, 5.74) is 8.05. The summed E-state index contributed by atoms with van der Waals surface area (Å²) in [6.07, 6.45) is 10.2. The van der Waals surface area contributed by atoms with Gasteiger partial charge in [0, 0.05) is 52.5 Å². The number of rotatable bonds is 7. The third-order valence-corrected chi connectivity index (χ3v) is 8.29. The molecular weight excluding hydrogens is 572 g/mol. The minimum absolute atomic E-state index is 0.0127. The van der Waals surface area contributed by atoms with E-state index in [-0.39, 0.29) is 29.0 Å². The standard InChI is InChI=1S/C32H40N6O.C6H14O/c1-7-34-30(27-20-33-21-36(27)6)26-18-23-9-8-12-35-29(23)31(24-11-10-22(2)17-25(24)26)38-15-13-37(14-16-38)28(39)19-32(3,4)5;1-5-7-6(2,3)4/h7-12,17-18,20-21,30-31,34H,1,13-16,19H2,2-6H3;5H2,1-4H3/t30?,31-;/m0./s1. The Balaban J connectivity index is 0.000000617. The molecule has 3 heterocycles. The van der Waals surface area contributed by atoms with E-state index in [4.69, 9.17) is 9.72 Å². The quantitative estimate of drug-likeness (QED) is 0.306. The molecule has 1 aromatic carbocycles. The number of ether oxygens (including phenoxy) is 1.